The Bertz CT molecular complexity index is 434. The third kappa shape index (κ3) is 29.1. The Labute approximate surface area is 245 Å². The number of rotatable bonds is 32. The lowest BCUT2D eigenvalue weighted by molar-refractivity contribution is 0.0564. The van der Waals surface area contributed by atoms with Crippen molar-refractivity contribution in [3.63, 3.8) is 0 Å². The van der Waals surface area contributed by atoms with Gasteiger partial charge in [-0.1, -0.05) is 142 Å². The van der Waals surface area contributed by atoms with E-state index in [1.165, 1.54) is 116 Å². The Hall–Kier alpha value is -0.200. The summed E-state index contributed by atoms with van der Waals surface area (Å²) in [4.78, 5) is 4.66. The molecule has 0 heterocycles. The average molecular weight is 556 g/mol. The van der Waals surface area contributed by atoms with Crippen LogP contribution < -0.4 is 5.32 Å². The lowest BCUT2D eigenvalue weighted by Crippen LogP contribution is -2.42. The minimum absolute atomic E-state index is 0.286. The van der Waals surface area contributed by atoms with Crippen LogP contribution >= 0.6 is 0 Å². The fourth-order valence-electron chi connectivity index (χ4n) is 5.50. The predicted molar refractivity (Wildman–Crippen MR) is 173 cm³/mol. The van der Waals surface area contributed by atoms with E-state index in [-0.39, 0.29) is 12.2 Å². The van der Waals surface area contributed by atoms with E-state index in [9.17, 15) is 10.2 Å². The minimum Gasteiger partial charge on any atom is -0.392 e. The highest BCUT2D eigenvalue weighted by atomic mass is 16.3. The molecule has 0 bridgehead atoms. The first-order valence-electron chi connectivity index (χ1n) is 17.4. The molecular formula is C34H73N3O2. The van der Waals surface area contributed by atoms with Crippen molar-refractivity contribution < 1.29 is 10.2 Å². The second-order valence-electron chi connectivity index (χ2n) is 12.4. The van der Waals surface area contributed by atoms with E-state index >= 15 is 0 Å². The van der Waals surface area contributed by atoms with Gasteiger partial charge in [-0.3, -0.25) is 4.90 Å². The van der Waals surface area contributed by atoms with Crippen LogP contribution in [-0.4, -0.2) is 85.6 Å². The Balaban J connectivity index is 4.17. The molecular weight excluding hydrogens is 482 g/mol. The average Bonchev–Trinajstić information content (AvgIpc) is 2.92. The smallest absolute Gasteiger partial charge is 0.0667 e. The molecule has 0 saturated carbocycles. The molecule has 0 aliphatic rings. The van der Waals surface area contributed by atoms with Crippen LogP contribution in [0.15, 0.2) is 0 Å². The summed E-state index contributed by atoms with van der Waals surface area (Å²) in [5, 5.41) is 24.8. The van der Waals surface area contributed by atoms with E-state index in [0.717, 1.165) is 51.9 Å². The molecule has 0 aromatic rings. The largest absolute Gasteiger partial charge is 0.392 e. The third-order valence-electron chi connectivity index (χ3n) is 8.26. The van der Waals surface area contributed by atoms with Crippen molar-refractivity contribution in [1.29, 1.82) is 0 Å². The summed E-state index contributed by atoms with van der Waals surface area (Å²) in [5.41, 5.74) is 0. The Morgan fingerprint density at radius 3 is 1.23 bits per heavy atom. The van der Waals surface area contributed by atoms with E-state index in [0.29, 0.717) is 13.1 Å². The molecule has 0 saturated heterocycles. The molecule has 0 spiro atoms. The first-order valence-corrected chi connectivity index (χ1v) is 17.4. The van der Waals surface area contributed by atoms with Crippen molar-refractivity contribution in [3.05, 3.63) is 0 Å². The molecule has 2 atom stereocenters. The lowest BCUT2D eigenvalue weighted by atomic mass is 10.0. The van der Waals surface area contributed by atoms with Gasteiger partial charge in [-0.05, 0) is 26.9 Å². The highest BCUT2D eigenvalue weighted by molar-refractivity contribution is 4.71. The molecule has 5 heteroatoms. The molecule has 0 aliphatic carbocycles. The summed E-state index contributed by atoms with van der Waals surface area (Å²) in [7, 11) is 4.16. The molecule has 0 radical (unpaired) electrons. The number of aliphatic hydroxyl groups is 2. The first-order chi connectivity index (χ1) is 19.0. The molecule has 0 aromatic heterocycles. The summed E-state index contributed by atoms with van der Waals surface area (Å²) in [6.07, 6.45) is 27.8. The first kappa shape index (κ1) is 38.8. The van der Waals surface area contributed by atoms with Gasteiger partial charge in [-0.15, -0.1) is 0 Å². The molecule has 2 unspecified atom stereocenters. The molecule has 0 amide bonds. The second kappa shape index (κ2) is 30.8. The molecule has 0 fully saturated rings. The number of likely N-dealkylation sites (N-methyl/N-ethyl adjacent to an activating group) is 2. The van der Waals surface area contributed by atoms with Crippen LogP contribution in [-0.2, 0) is 0 Å². The van der Waals surface area contributed by atoms with Gasteiger partial charge in [-0.2, -0.15) is 0 Å². The number of nitrogens with zero attached hydrogens (tertiary/aromatic N) is 2. The summed E-state index contributed by atoms with van der Waals surface area (Å²) in [6.45, 7) is 9.81. The zero-order valence-electron chi connectivity index (χ0n) is 27.2. The van der Waals surface area contributed by atoms with Crippen molar-refractivity contribution >= 4 is 0 Å². The summed E-state index contributed by atoms with van der Waals surface area (Å²) in [5.74, 6) is 0. The molecule has 3 N–H and O–H groups in total. The highest BCUT2D eigenvalue weighted by Gasteiger charge is 2.16. The normalized spacial score (nSPS) is 13.5. The Morgan fingerprint density at radius 2 is 0.872 bits per heavy atom. The summed E-state index contributed by atoms with van der Waals surface area (Å²) < 4.78 is 0. The maximum absolute atomic E-state index is 10.8. The number of unbranched alkanes of at least 4 members (excludes halogenated alkanes) is 18. The van der Waals surface area contributed by atoms with E-state index in [2.05, 4.69) is 36.0 Å². The predicted octanol–water partition coefficient (Wildman–Crippen LogP) is 7.78. The number of aliphatic hydroxyl groups excluding tert-OH is 2. The van der Waals surface area contributed by atoms with Crippen LogP contribution in [0.5, 0.6) is 0 Å². The number of hydrogen-bond acceptors (Lipinski definition) is 5. The van der Waals surface area contributed by atoms with E-state index < -0.39 is 0 Å². The SMILES string of the molecule is CCCCCCCCCCCCC(O)CN(CCN(C)CCNC)CC(O)CCCCCCCCCCCC. The van der Waals surface area contributed by atoms with Gasteiger partial charge in [-0.25, -0.2) is 0 Å². The van der Waals surface area contributed by atoms with Gasteiger partial charge in [0.1, 0.15) is 0 Å². The van der Waals surface area contributed by atoms with Gasteiger partial charge >= 0.3 is 0 Å². The van der Waals surface area contributed by atoms with Crippen molar-refractivity contribution in [3.8, 4) is 0 Å². The van der Waals surface area contributed by atoms with Gasteiger partial charge in [0.15, 0.2) is 0 Å². The number of hydrogen-bond donors (Lipinski definition) is 3. The van der Waals surface area contributed by atoms with Crippen LogP contribution in [0.4, 0.5) is 0 Å². The van der Waals surface area contributed by atoms with Crippen molar-refractivity contribution in [1.82, 2.24) is 15.1 Å². The topological polar surface area (TPSA) is 59.0 Å². The van der Waals surface area contributed by atoms with Crippen LogP contribution in [0.1, 0.15) is 155 Å². The molecule has 236 valence electrons. The Kier molecular flexibility index (Phi) is 30.6. The van der Waals surface area contributed by atoms with E-state index in [4.69, 9.17) is 0 Å². The van der Waals surface area contributed by atoms with Crippen molar-refractivity contribution in [2.75, 3.05) is 53.4 Å². The van der Waals surface area contributed by atoms with E-state index in [1.54, 1.807) is 0 Å². The maximum atomic E-state index is 10.8. The monoisotopic (exact) mass is 556 g/mol. The third-order valence-corrected chi connectivity index (χ3v) is 8.26. The Morgan fingerprint density at radius 1 is 0.513 bits per heavy atom. The van der Waals surface area contributed by atoms with Crippen molar-refractivity contribution in [2.24, 2.45) is 0 Å². The molecule has 0 aliphatic heterocycles. The lowest BCUT2D eigenvalue weighted by Gasteiger charge is -2.29. The van der Waals surface area contributed by atoms with Gasteiger partial charge in [0.05, 0.1) is 12.2 Å². The molecule has 39 heavy (non-hydrogen) atoms. The van der Waals surface area contributed by atoms with Gasteiger partial charge in [0, 0.05) is 39.3 Å². The maximum Gasteiger partial charge on any atom is 0.0667 e. The fourth-order valence-corrected chi connectivity index (χ4v) is 5.50. The summed E-state index contributed by atoms with van der Waals surface area (Å²) >= 11 is 0. The fraction of sp³-hybridized carbons (Fsp3) is 1.00. The van der Waals surface area contributed by atoms with Crippen LogP contribution in [0.25, 0.3) is 0 Å². The second-order valence-corrected chi connectivity index (χ2v) is 12.4. The molecule has 0 rings (SSSR count). The minimum atomic E-state index is -0.286. The molecule has 5 nitrogen and oxygen atoms in total. The van der Waals surface area contributed by atoms with Gasteiger partial charge < -0.3 is 20.4 Å². The zero-order chi connectivity index (χ0) is 28.8. The summed E-state index contributed by atoms with van der Waals surface area (Å²) in [6, 6.07) is 0. The number of nitrogens with one attached hydrogen (secondary N) is 1. The van der Waals surface area contributed by atoms with E-state index in [1.807, 2.05) is 7.05 Å². The quantitative estimate of drug-likeness (QED) is 0.0740. The van der Waals surface area contributed by atoms with Crippen LogP contribution in [0, 0.1) is 0 Å². The standard InChI is InChI=1S/C34H73N3O2/c1-5-7-9-11-13-15-17-19-21-23-25-33(38)31-37(30-29-36(4)28-27-35-3)32-34(39)26-24-22-20-18-16-14-12-10-8-6-2/h33-35,38-39H,5-32H2,1-4H3. The van der Waals surface area contributed by atoms with Crippen molar-refractivity contribution in [2.45, 2.75) is 167 Å². The van der Waals surface area contributed by atoms with Gasteiger partial charge in [0.2, 0.25) is 0 Å². The van der Waals surface area contributed by atoms with Gasteiger partial charge in [0.25, 0.3) is 0 Å². The van der Waals surface area contributed by atoms with Crippen LogP contribution in [0.3, 0.4) is 0 Å². The van der Waals surface area contributed by atoms with Crippen LogP contribution in [0.2, 0.25) is 0 Å². The highest BCUT2D eigenvalue weighted by Crippen LogP contribution is 2.14. The molecule has 0 aromatic carbocycles. The zero-order valence-corrected chi connectivity index (χ0v) is 27.2.